The van der Waals surface area contributed by atoms with Gasteiger partial charge in [0.1, 0.15) is 0 Å². The minimum absolute atomic E-state index is 0.259. The minimum atomic E-state index is -3.70. The van der Waals surface area contributed by atoms with Crippen LogP contribution in [0.3, 0.4) is 0 Å². The average Bonchev–Trinajstić information content (AvgIpc) is 2.81. The molecule has 0 amide bonds. The molecule has 2 N–H and O–H groups in total. The number of ether oxygens (including phenoxy) is 1. The third kappa shape index (κ3) is 4.75. The first-order chi connectivity index (χ1) is 15.0. The molecule has 1 atom stereocenters. The first-order valence-electron chi connectivity index (χ1n) is 10.6. The molecule has 0 radical (unpaired) electrons. The van der Waals surface area contributed by atoms with Crippen LogP contribution in [0.5, 0.6) is 0 Å². The lowest BCUT2D eigenvalue weighted by atomic mass is 9.82. The molecule has 0 spiro atoms. The summed E-state index contributed by atoms with van der Waals surface area (Å²) in [4.78, 5) is 2.65. The van der Waals surface area contributed by atoms with Gasteiger partial charge >= 0.3 is 0 Å². The van der Waals surface area contributed by atoms with Gasteiger partial charge in [-0.05, 0) is 24.7 Å². The maximum absolute atomic E-state index is 13.2. The maximum Gasteiger partial charge on any atom is 0.261 e. The summed E-state index contributed by atoms with van der Waals surface area (Å²) in [6, 6.07) is 18.4. The second-order valence-electron chi connectivity index (χ2n) is 7.92. The molecule has 0 aromatic heterocycles. The van der Waals surface area contributed by atoms with Crippen LogP contribution in [0.4, 0.5) is 0 Å². The summed E-state index contributed by atoms with van der Waals surface area (Å²) in [5.74, 6) is 0. The van der Waals surface area contributed by atoms with Gasteiger partial charge in [0.15, 0.2) is 0 Å². The Labute approximate surface area is 184 Å². The van der Waals surface area contributed by atoms with Crippen LogP contribution in [0, 0.1) is 0 Å². The molecule has 0 bridgehead atoms. The zero-order valence-electron chi connectivity index (χ0n) is 17.8. The number of morpholine rings is 1. The van der Waals surface area contributed by atoms with Gasteiger partial charge in [-0.25, -0.2) is 8.42 Å². The maximum atomic E-state index is 13.2. The molecule has 31 heavy (non-hydrogen) atoms. The quantitative estimate of drug-likeness (QED) is 0.694. The SMILES string of the molecule is CNCC1(N2CCOCC2)C=CC(c2ccccc2)=C(NS(=O)(=O)c2ccccc2)C1. The smallest absolute Gasteiger partial charge is 0.261 e. The van der Waals surface area contributed by atoms with Crippen LogP contribution >= 0.6 is 0 Å². The molecule has 7 heteroatoms. The number of nitrogens with zero attached hydrogens (tertiary/aromatic N) is 1. The fourth-order valence-electron chi connectivity index (χ4n) is 4.36. The molecule has 2 aromatic carbocycles. The topological polar surface area (TPSA) is 70.7 Å². The van der Waals surface area contributed by atoms with Crippen LogP contribution < -0.4 is 10.0 Å². The molecule has 6 nitrogen and oxygen atoms in total. The highest BCUT2D eigenvalue weighted by Gasteiger charge is 2.39. The molecular formula is C24H29N3O3S. The van der Waals surface area contributed by atoms with Crippen molar-refractivity contribution >= 4 is 15.6 Å². The van der Waals surface area contributed by atoms with E-state index in [0.29, 0.717) is 31.9 Å². The lowest BCUT2D eigenvalue weighted by Crippen LogP contribution is -2.58. The molecule has 1 aliphatic heterocycles. The van der Waals surface area contributed by atoms with Crippen LogP contribution in [0.1, 0.15) is 12.0 Å². The molecule has 164 valence electrons. The standard InChI is InChI=1S/C24H29N3O3S/c1-25-19-24(27-14-16-30-17-15-27)13-12-22(20-8-4-2-5-9-20)23(18-24)26-31(28,29)21-10-6-3-7-11-21/h2-13,25-26H,14-19H2,1H3. The highest BCUT2D eigenvalue weighted by molar-refractivity contribution is 7.89. The number of hydrogen-bond acceptors (Lipinski definition) is 5. The Morgan fingerprint density at radius 2 is 1.65 bits per heavy atom. The van der Waals surface area contributed by atoms with E-state index >= 15 is 0 Å². The Kier molecular flexibility index (Phi) is 6.57. The highest BCUT2D eigenvalue weighted by atomic mass is 32.2. The number of hydrogen-bond donors (Lipinski definition) is 2. The monoisotopic (exact) mass is 439 g/mol. The fourth-order valence-corrected chi connectivity index (χ4v) is 5.50. The Hall–Kier alpha value is -2.45. The molecule has 2 aromatic rings. The second kappa shape index (κ2) is 9.36. The number of nitrogens with one attached hydrogen (secondary N) is 2. The average molecular weight is 440 g/mol. The summed E-state index contributed by atoms with van der Waals surface area (Å²) >= 11 is 0. The summed E-state index contributed by atoms with van der Waals surface area (Å²) in [7, 11) is -1.77. The van der Waals surface area contributed by atoms with Crippen molar-refractivity contribution in [2.45, 2.75) is 16.9 Å². The summed E-state index contributed by atoms with van der Waals surface area (Å²) in [6.07, 6.45) is 4.84. The summed E-state index contributed by atoms with van der Waals surface area (Å²) in [5.41, 5.74) is 2.27. The molecule has 1 saturated heterocycles. The van der Waals surface area contributed by atoms with Crippen molar-refractivity contribution in [3.05, 3.63) is 84.1 Å². The van der Waals surface area contributed by atoms with E-state index < -0.39 is 10.0 Å². The third-order valence-electron chi connectivity index (χ3n) is 5.89. The molecule has 1 fully saturated rings. The van der Waals surface area contributed by atoms with E-state index in [4.69, 9.17) is 4.74 Å². The zero-order chi connectivity index (χ0) is 21.7. The normalized spacial score (nSPS) is 22.5. The molecule has 2 aliphatic rings. The van der Waals surface area contributed by atoms with Crippen molar-refractivity contribution in [1.29, 1.82) is 0 Å². The number of rotatable bonds is 7. The first-order valence-corrected chi connectivity index (χ1v) is 12.1. The van der Waals surface area contributed by atoms with Gasteiger partial charge in [-0.15, -0.1) is 0 Å². The fraction of sp³-hybridized carbons (Fsp3) is 0.333. The van der Waals surface area contributed by atoms with E-state index in [0.717, 1.165) is 24.2 Å². The third-order valence-corrected chi connectivity index (χ3v) is 7.30. The van der Waals surface area contributed by atoms with Crippen LogP contribution in [-0.2, 0) is 14.8 Å². The van der Waals surface area contributed by atoms with Crippen LogP contribution in [0.15, 0.2) is 83.4 Å². The van der Waals surface area contributed by atoms with Gasteiger partial charge in [-0.3, -0.25) is 9.62 Å². The van der Waals surface area contributed by atoms with E-state index in [1.807, 2.05) is 43.4 Å². The molecule has 0 saturated carbocycles. The lowest BCUT2D eigenvalue weighted by molar-refractivity contribution is -0.00575. The van der Waals surface area contributed by atoms with E-state index in [1.54, 1.807) is 24.3 Å². The van der Waals surface area contributed by atoms with Crippen molar-refractivity contribution in [2.24, 2.45) is 0 Å². The minimum Gasteiger partial charge on any atom is -0.379 e. The van der Waals surface area contributed by atoms with Gasteiger partial charge in [0, 0.05) is 37.3 Å². The Balaban J connectivity index is 1.75. The predicted molar refractivity (Wildman–Crippen MR) is 123 cm³/mol. The van der Waals surface area contributed by atoms with Crippen molar-refractivity contribution in [3.63, 3.8) is 0 Å². The van der Waals surface area contributed by atoms with Gasteiger partial charge in [-0.1, -0.05) is 60.7 Å². The van der Waals surface area contributed by atoms with Gasteiger partial charge < -0.3 is 10.1 Å². The Morgan fingerprint density at radius 1 is 1.00 bits per heavy atom. The summed E-state index contributed by atoms with van der Waals surface area (Å²) in [6.45, 7) is 3.69. The molecule has 4 rings (SSSR count). The molecule has 1 unspecified atom stereocenters. The van der Waals surface area contributed by atoms with E-state index in [-0.39, 0.29) is 10.4 Å². The number of allylic oxidation sites excluding steroid dienone is 2. The predicted octanol–water partition coefficient (Wildman–Crippen LogP) is 2.63. The van der Waals surface area contributed by atoms with Crippen molar-refractivity contribution in [3.8, 4) is 0 Å². The summed E-state index contributed by atoms with van der Waals surface area (Å²) in [5, 5.41) is 3.31. The largest absolute Gasteiger partial charge is 0.379 e. The van der Waals surface area contributed by atoms with Crippen molar-refractivity contribution < 1.29 is 13.2 Å². The van der Waals surface area contributed by atoms with Crippen molar-refractivity contribution in [1.82, 2.24) is 14.9 Å². The Morgan fingerprint density at radius 3 is 2.29 bits per heavy atom. The van der Waals surface area contributed by atoms with E-state index in [9.17, 15) is 8.42 Å². The Bertz CT molecular complexity index is 1050. The van der Waals surface area contributed by atoms with Crippen LogP contribution in [0.2, 0.25) is 0 Å². The number of sulfonamides is 1. The van der Waals surface area contributed by atoms with Gasteiger partial charge in [0.25, 0.3) is 10.0 Å². The van der Waals surface area contributed by atoms with E-state index in [2.05, 4.69) is 27.1 Å². The lowest BCUT2D eigenvalue weighted by Gasteiger charge is -2.46. The molecule has 1 aliphatic carbocycles. The van der Waals surface area contributed by atoms with Gasteiger partial charge in [0.2, 0.25) is 0 Å². The van der Waals surface area contributed by atoms with Crippen LogP contribution in [-0.4, -0.2) is 58.8 Å². The zero-order valence-corrected chi connectivity index (χ0v) is 18.6. The first kappa shape index (κ1) is 21.8. The summed E-state index contributed by atoms with van der Waals surface area (Å²) < 4.78 is 34.9. The van der Waals surface area contributed by atoms with Crippen LogP contribution in [0.25, 0.3) is 5.57 Å². The molecule has 1 heterocycles. The molecular weight excluding hydrogens is 410 g/mol. The highest BCUT2D eigenvalue weighted by Crippen LogP contribution is 2.36. The number of benzene rings is 2. The van der Waals surface area contributed by atoms with Gasteiger partial charge in [-0.2, -0.15) is 0 Å². The van der Waals surface area contributed by atoms with Crippen molar-refractivity contribution in [2.75, 3.05) is 39.9 Å². The second-order valence-corrected chi connectivity index (χ2v) is 9.60. The van der Waals surface area contributed by atoms with E-state index in [1.165, 1.54) is 0 Å². The van der Waals surface area contributed by atoms with Gasteiger partial charge in [0.05, 0.1) is 23.6 Å². The number of likely N-dealkylation sites (N-methyl/N-ethyl adjacent to an activating group) is 1.